The number of carbonyl (C=O) groups excluding carboxylic acids is 1. The average Bonchev–Trinajstić information content (AvgIpc) is 3.88. The molecule has 0 radical (unpaired) electrons. The van der Waals surface area contributed by atoms with Crippen molar-refractivity contribution in [1.29, 1.82) is 0 Å². The Balaban J connectivity index is 1.05. The lowest BCUT2D eigenvalue weighted by Gasteiger charge is -2.20. The number of hydrogen-bond acceptors (Lipinski definition) is 8. The maximum atomic E-state index is 14.8. The molecule has 6 heterocycles. The van der Waals surface area contributed by atoms with Crippen LogP contribution in [0.5, 0.6) is 5.75 Å². The van der Waals surface area contributed by atoms with Crippen molar-refractivity contribution in [3.63, 3.8) is 0 Å². The molecule has 250 valence electrons. The summed E-state index contributed by atoms with van der Waals surface area (Å²) in [5, 5.41) is 11.3. The van der Waals surface area contributed by atoms with Gasteiger partial charge in [0, 0.05) is 54.3 Å². The molecule has 0 atom stereocenters. The monoisotopic (exact) mass is 659 g/mol. The minimum atomic E-state index is -0.399. The SMILES string of the molecule is O=C(CC1CCCCC1)Nc1cncc(-c2cnc3n[nH]c(-c4nc5c(-c6cc(F)cc(OCCN7CCCC7)c6)nccc5[nH]4)c3c2)c1. The first kappa shape index (κ1) is 31.1. The van der Waals surface area contributed by atoms with Crippen LogP contribution in [0.25, 0.3) is 56.0 Å². The third kappa shape index (κ3) is 6.86. The number of fused-ring (bicyclic) bond motifs is 2. The molecule has 8 rings (SSSR count). The lowest BCUT2D eigenvalue weighted by Crippen LogP contribution is -2.25. The molecule has 1 aromatic carbocycles. The zero-order valence-corrected chi connectivity index (χ0v) is 27.2. The molecule has 0 bridgehead atoms. The van der Waals surface area contributed by atoms with Gasteiger partial charge in [0.2, 0.25) is 5.91 Å². The number of rotatable bonds is 10. The minimum absolute atomic E-state index is 0.0230. The first-order valence-electron chi connectivity index (χ1n) is 17.2. The molecule has 1 saturated heterocycles. The van der Waals surface area contributed by atoms with Gasteiger partial charge in [-0.2, -0.15) is 5.10 Å². The van der Waals surface area contributed by atoms with Gasteiger partial charge in [-0.3, -0.25) is 24.8 Å². The Morgan fingerprint density at radius 2 is 1.82 bits per heavy atom. The maximum absolute atomic E-state index is 14.8. The second-order valence-corrected chi connectivity index (χ2v) is 13.1. The third-order valence-corrected chi connectivity index (χ3v) is 9.62. The van der Waals surface area contributed by atoms with Crippen molar-refractivity contribution < 1.29 is 13.9 Å². The van der Waals surface area contributed by atoms with E-state index >= 15 is 0 Å². The predicted molar refractivity (Wildman–Crippen MR) is 186 cm³/mol. The summed E-state index contributed by atoms with van der Waals surface area (Å²) in [6.45, 7) is 3.47. The van der Waals surface area contributed by atoms with E-state index in [-0.39, 0.29) is 5.91 Å². The first-order chi connectivity index (χ1) is 24.1. The summed E-state index contributed by atoms with van der Waals surface area (Å²) in [6.07, 6.45) is 15.7. The summed E-state index contributed by atoms with van der Waals surface area (Å²) in [7, 11) is 0. The van der Waals surface area contributed by atoms with Gasteiger partial charge < -0.3 is 15.0 Å². The first-order valence-corrected chi connectivity index (χ1v) is 17.2. The highest BCUT2D eigenvalue weighted by Gasteiger charge is 2.20. The van der Waals surface area contributed by atoms with Crippen LogP contribution in [0.3, 0.4) is 0 Å². The van der Waals surface area contributed by atoms with Gasteiger partial charge in [-0.05, 0) is 75.0 Å². The van der Waals surface area contributed by atoms with Gasteiger partial charge in [-0.15, -0.1) is 0 Å². The number of hydrogen-bond donors (Lipinski definition) is 3. The number of nitrogens with zero attached hydrogens (tertiary/aromatic N) is 6. The van der Waals surface area contributed by atoms with E-state index in [1.807, 2.05) is 24.3 Å². The van der Waals surface area contributed by atoms with E-state index < -0.39 is 5.82 Å². The molecule has 1 amide bonds. The number of H-pyrrole nitrogens is 2. The molecule has 49 heavy (non-hydrogen) atoms. The summed E-state index contributed by atoms with van der Waals surface area (Å²) in [5.74, 6) is 1.09. The fourth-order valence-electron chi connectivity index (χ4n) is 7.12. The van der Waals surface area contributed by atoms with Crippen molar-refractivity contribution in [2.24, 2.45) is 5.92 Å². The zero-order chi connectivity index (χ0) is 33.2. The van der Waals surface area contributed by atoms with Crippen LogP contribution >= 0.6 is 0 Å². The highest BCUT2D eigenvalue weighted by molar-refractivity contribution is 5.96. The van der Waals surface area contributed by atoms with E-state index in [1.54, 1.807) is 24.8 Å². The summed E-state index contributed by atoms with van der Waals surface area (Å²) >= 11 is 0. The number of halogens is 1. The minimum Gasteiger partial charge on any atom is -0.492 e. The Labute approximate surface area is 282 Å². The lowest BCUT2D eigenvalue weighted by molar-refractivity contribution is -0.117. The normalized spacial score (nSPS) is 15.7. The number of aromatic nitrogens is 7. The number of benzene rings is 1. The van der Waals surface area contributed by atoms with Crippen molar-refractivity contribution in [1.82, 2.24) is 40.0 Å². The molecular formula is C37H38FN9O2. The zero-order valence-electron chi connectivity index (χ0n) is 27.2. The molecule has 1 aliphatic carbocycles. The number of aromatic amines is 2. The molecule has 11 nitrogen and oxygen atoms in total. The number of likely N-dealkylation sites (tertiary alicyclic amines) is 1. The molecule has 0 spiro atoms. The van der Waals surface area contributed by atoms with Crippen molar-refractivity contribution >= 4 is 33.7 Å². The van der Waals surface area contributed by atoms with Gasteiger partial charge in [0.25, 0.3) is 0 Å². The Morgan fingerprint density at radius 1 is 0.959 bits per heavy atom. The van der Waals surface area contributed by atoms with Crippen LogP contribution < -0.4 is 10.1 Å². The van der Waals surface area contributed by atoms with Crippen LogP contribution in [0.4, 0.5) is 10.1 Å². The van der Waals surface area contributed by atoms with Gasteiger partial charge in [0.1, 0.15) is 29.4 Å². The van der Waals surface area contributed by atoms with Gasteiger partial charge in [0.15, 0.2) is 11.5 Å². The largest absolute Gasteiger partial charge is 0.492 e. The van der Waals surface area contributed by atoms with Crippen molar-refractivity contribution in [2.45, 2.75) is 51.4 Å². The Hall–Kier alpha value is -5.23. The Bertz CT molecular complexity index is 2110. The Kier molecular flexibility index (Phi) is 8.69. The Morgan fingerprint density at radius 3 is 2.69 bits per heavy atom. The standard InChI is InChI=1S/C37H38FN9O2/c38-27-15-24(17-29(19-27)49-13-12-47-10-4-5-11-47)33-35-31(8-9-40-33)43-37(44-35)34-30-18-26(21-41-36(30)46-45-34)25-16-28(22-39-20-25)42-32(48)14-23-6-2-1-3-7-23/h8-9,15-23H,1-7,10-14H2,(H,42,48)(H,43,44)(H,41,45,46). The second kappa shape index (κ2) is 13.7. The summed E-state index contributed by atoms with van der Waals surface area (Å²) in [4.78, 5) is 37.0. The molecule has 1 aliphatic heterocycles. The topological polar surface area (TPSA) is 138 Å². The van der Waals surface area contributed by atoms with E-state index in [2.05, 4.69) is 40.3 Å². The van der Waals surface area contributed by atoms with Crippen molar-refractivity contribution in [3.05, 3.63) is 67.0 Å². The van der Waals surface area contributed by atoms with Crippen molar-refractivity contribution in [3.8, 4) is 39.7 Å². The van der Waals surface area contributed by atoms with Gasteiger partial charge >= 0.3 is 0 Å². The summed E-state index contributed by atoms with van der Waals surface area (Å²) in [5.41, 5.74) is 5.94. The van der Waals surface area contributed by atoms with Crippen LogP contribution in [0, 0.1) is 11.7 Å². The fourth-order valence-corrected chi connectivity index (χ4v) is 7.12. The number of imidazole rings is 1. The molecule has 6 aromatic rings. The number of carbonyl (C=O) groups is 1. The van der Waals surface area contributed by atoms with Gasteiger partial charge in [-0.25, -0.2) is 14.4 Å². The summed E-state index contributed by atoms with van der Waals surface area (Å²) in [6, 6.07) is 10.4. The maximum Gasteiger partial charge on any atom is 0.224 e. The summed E-state index contributed by atoms with van der Waals surface area (Å²) < 4.78 is 20.8. The van der Waals surface area contributed by atoms with Crippen molar-refractivity contribution in [2.75, 3.05) is 31.6 Å². The molecule has 1 saturated carbocycles. The quantitative estimate of drug-likeness (QED) is 0.141. The predicted octanol–water partition coefficient (Wildman–Crippen LogP) is 7.15. The third-order valence-electron chi connectivity index (χ3n) is 9.62. The van der Waals surface area contributed by atoms with Crippen LogP contribution in [0.1, 0.15) is 51.4 Å². The average molecular weight is 660 g/mol. The number of amides is 1. The molecule has 3 N–H and O–H groups in total. The van der Waals surface area contributed by atoms with E-state index in [1.165, 1.54) is 44.2 Å². The molecule has 0 unspecified atom stereocenters. The second-order valence-electron chi connectivity index (χ2n) is 13.1. The fraction of sp³-hybridized carbons (Fsp3) is 0.351. The van der Waals surface area contributed by atoms with E-state index in [0.29, 0.717) is 64.3 Å². The van der Waals surface area contributed by atoms with E-state index in [4.69, 9.17) is 9.72 Å². The number of nitrogens with one attached hydrogen (secondary N) is 3. The van der Waals surface area contributed by atoms with Crippen LogP contribution in [-0.4, -0.2) is 72.2 Å². The van der Waals surface area contributed by atoms with Gasteiger partial charge in [0.05, 0.1) is 28.5 Å². The van der Waals surface area contributed by atoms with Crippen LogP contribution in [0.2, 0.25) is 0 Å². The highest BCUT2D eigenvalue weighted by Crippen LogP contribution is 2.34. The molecule has 12 heteroatoms. The number of ether oxygens (including phenoxy) is 1. The van der Waals surface area contributed by atoms with E-state index in [0.717, 1.165) is 54.5 Å². The molecule has 5 aromatic heterocycles. The smallest absolute Gasteiger partial charge is 0.224 e. The lowest BCUT2D eigenvalue weighted by atomic mass is 9.87. The molecule has 2 aliphatic rings. The molecular weight excluding hydrogens is 621 g/mol. The van der Waals surface area contributed by atoms with E-state index in [9.17, 15) is 9.18 Å². The van der Waals surface area contributed by atoms with Crippen LogP contribution in [-0.2, 0) is 4.79 Å². The molecule has 2 fully saturated rings. The van der Waals surface area contributed by atoms with Crippen LogP contribution in [0.15, 0.2) is 61.2 Å². The number of anilines is 1. The highest BCUT2D eigenvalue weighted by atomic mass is 19.1. The number of pyridine rings is 3. The van der Waals surface area contributed by atoms with Gasteiger partial charge in [-0.1, -0.05) is 19.3 Å².